The van der Waals surface area contributed by atoms with Crippen LogP contribution in [0.3, 0.4) is 0 Å². The predicted octanol–water partition coefficient (Wildman–Crippen LogP) is 2.49. The fourth-order valence-electron chi connectivity index (χ4n) is 2.58. The van der Waals surface area contributed by atoms with Gasteiger partial charge in [-0.25, -0.2) is 0 Å². The zero-order valence-electron chi connectivity index (χ0n) is 11.8. The van der Waals surface area contributed by atoms with Gasteiger partial charge in [0.2, 0.25) is 0 Å². The van der Waals surface area contributed by atoms with E-state index < -0.39 is 10.8 Å². The maximum atomic E-state index is 12.3. The molecule has 1 aliphatic rings. The van der Waals surface area contributed by atoms with Gasteiger partial charge in [0.15, 0.2) is 0 Å². The van der Waals surface area contributed by atoms with E-state index in [0.717, 1.165) is 19.5 Å². The van der Waals surface area contributed by atoms with Gasteiger partial charge in [-0.05, 0) is 42.3 Å². The van der Waals surface area contributed by atoms with Crippen LogP contribution in [0, 0.1) is 10.1 Å². The van der Waals surface area contributed by atoms with Crippen LogP contribution < -0.4 is 10.6 Å². The molecule has 0 unspecified atom stereocenters. The highest BCUT2D eigenvalue weighted by molar-refractivity contribution is 6.07. The Balaban J connectivity index is 1.84. The first kappa shape index (κ1) is 14.2. The Morgan fingerprint density at radius 3 is 2.82 bits per heavy atom. The minimum Gasteiger partial charge on any atom is -0.322 e. The van der Waals surface area contributed by atoms with Crippen LogP contribution in [-0.4, -0.2) is 17.4 Å². The molecule has 0 saturated carbocycles. The van der Waals surface area contributed by atoms with Crippen molar-refractivity contribution >= 4 is 17.3 Å². The van der Waals surface area contributed by atoms with Gasteiger partial charge in [-0.2, -0.15) is 0 Å². The topological polar surface area (TPSA) is 84.3 Å². The first-order valence-corrected chi connectivity index (χ1v) is 7.02. The molecule has 0 saturated heterocycles. The number of nitrogens with zero attached hydrogens (tertiary/aromatic N) is 1. The quantitative estimate of drug-likeness (QED) is 0.673. The molecule has 6 nitrogen and oxygen atoms in total. The number of hydrogen-bond donors (Lipinski definition) is 2. The van der Waals surface area contributed by atoms with Crippen LogP contribution in [0.4, 0.5) is 11.4 Å². The molecule has 2 N–H and O–H groups in total. The number of fused-ring (bicyclic) bond motifs is 1. The molecule has 112 valence electrons. The first-order chi connectivity index (χ1) is 10.6. The monoisotopic (exact) mass is 297 g/mol. The molecule has 0 aromatic heterocycles. The zero-order valence-corrected chi connectivity index (χ0v) is 11.8. The Kier molecular flexibility index (Phi) is 3.84. The number of rotatable bonds is 3. The van der Waals surface area contributed by atoms with Crippen molar-refractivity contribution < 1.29 is 9.72 Å². The maximum absolute atomic E-state index is 12.3. The second-order valence-electron chi connectivity index (χ2n) is 5.14. The van der Waals surface area contributed by atoms with E-state index >= 15 is 0 Å². The van der Waals surface area contributed by atoms with Crippen molar-refractivity contribution in [1.29, 1.82) is 0 Å². The molecule has 1 heterocycles. The number of benzene rings is 2. The van der Waals surface area contributed by atoms with Crippen molar-refractivity contribution in [3.63, 3.8) is 0 Å². The van der Waals surface area contributed by atoms with Crippen molar-refractivity contribution in [2.75, 3.05) is 11.9 Å². The zero-order chi connectivity index (χ0) is 15.5. The van der Waals surface area contributed by atoms with Crippen LogP contribution in [0.15, 0.2) is 42.5 Å². The summed E-state index contributed by atoms with van der Waals surface area (Å²) in [5.41, 5.74) is 2.94. The number of carbonyl (C=O) groups excluding carboxylic acids is 1. The number of nitro groups is 1. The van der Waals surface area contributed by atoms with Crippen molar-refractivity contribution in [1.82, 2.24) is 5.32 Å². The van der Waals surface area contributed by atoms with E-state index in [2.05, 4.69) is 10.6 Å². The fourth-order valence-corrected chi connectivity index (χ4v) is 2.58. The van der Waals surface area contributed by atoms with Crippen molar-refractivity contribution in [3.05, 3.63) is 69.3 Å². The van der Waals surface area contributed by atoms with Gasteiger partial charge in [-0.3, -0.25) is 14.9 Å². The molecule has 0 atom stereocenters. The number of hydrogen-bond acceptors (Lipinski definition) is 4. The van der Waals surface area contributed by atoms with Crippen LogP contribution in [0.25, 0.3) is 0 Å². The molecular weight excluding hydrogens is 282 g/mol. The third kappa shape index (κ3) is 2.82. The van der Waals surface area contributed by atoms with Crippen molar-refractivity contribution in [3.8, 4) is 0 Å². The summed E-state index contributed by atoms with van der Waals surface area (Å²) in [6.45, 7) is 1.74. The smallest absolute Gasteiger partial charge is 0.282 e. The lowest BCUT2D eigenvalue weighted by molar-refractivity contribution is -0.385. The number of nitro benzene ring substituents is 1. The van der Waals surface area contributed by atoms with Crippen LogP contribution in [0.5, 0.6) is 0 Å². The van der Waals surface area contributed by atoms with Gasteiger partial charge in [-0.1, -0.05) is 18.2 Å². The van der Waals surface area contributed by atoms with Crippen molar-refractivity contribution in [2.24, 2.45) is 0 Å². The molecule has 1 aliphatic heterocycles. The Morgan fingerprint density at radius 1 is 1.18 bits per heavy atom. The number of carbonyl (C=O) groups is 1. The number of amides is 1. The summed E-state index contributed by atoms with van der Waals surface area (Å²) >= 11 is 0. The lowest BCUT2D eigenvalue weighted by atomic mass is 10.0. The van der Waals surface area contributed by atoms with Crippen LogP contribution >= 0.6 is 0 Å². The summed E-state index contributed by atoms with van der Waals surface area (Å²) in [6.07, 6.45) is 0.907. The van der Waals surface area contributed by atoms with Gasteiger partial charge in [0, 0.05) is 18.3 Å². The highest BCUT2D eigenvalue weighted by Gasteiger charge is 2.19. The molecule has 0 bridgehead atoms. The van der Waals surface area contributed by atoms with E-state index in [1.54, 1.807) is 12.1 Å². The molecule has 6 heteroatoms. The van der Waals surface area contributed by atoms with E-state index in [1.807, 2.05) is 18.2 Å². The average molecular weight is 297 g/mol. The van der Waals surface area contributed by atoms with Crippen molar-refractivity contribution in [2.45, 2.75) is 13.0 Å². The van der Waals surface area contributed by atoms with Gasteiger partial charge in [0.1, 0.15) is 5.56 Å². The molecule has 2 aromatic carbocycles. The van der Waals surface area contributed by atoms with Gasteiger partial charge >= 0.3 is 0 Å². The minimum absolute atomic E-state index is 0.0619. The van der Waals surface area contributed by atoms with E-state index in [4.69, 9.17) is 0 Å². The van der Waals surface area contributed by atoms with Crippen LogP contribution in [0.2, 0.25) is 0 Å². The summed E-state index contributed by atoms with van der Waals surface area (Å²) in [4.78, 5) is 22.7. The van der Waals surface area contributed by atoms with Crippen LogP contribution in [0.1, 0.15) is 21.5 Å². The van der Waals surface area contributed by atoms with E-state index in [0.29, 0.717) is 5.69 Å². The molecular formula is C16H15N3O3. The van der Waals surface area contributed by atoms with Gasteiger partial charge in [-0.15, -0.1) is 0 Å². The summed E-state index contributed by atoms with van der Waals surface area (Å²) < 4.78 is 0. The number of anilines is 1. The maximum Gasteiger partial charge on any atom is 0.282 e. The second-order valence-corrected chi connectivity index (χ2v) is 5.14. The first-order valence-electron chi connectivity index (χ1n) is 7.02. The summed E-state index contributed by atoms with van der Waals surface area (Å²) in [7, 11) is 0. The molecule has 0 radical (unpaired) electrons. The standard InChI is InChI=1S/C16H15N3O3/c20-16(14-3-1-2-4-15(14)19(21)22)18-13-6-5-12-10-17-8-7-11(12)9-13/h1-6,9,17H,7-8,10H2,(H,18,20). The Labute approximate surface area is 127 Å². The molecule has 0 spiro atoms. The van der Waals surface area contributed by atoms with Gasteiger partial charge < -0.3 is 10.6 Å². The van der Waals surface area contributed by atoms with E-state index in [1.165, 1.54) is 23.3 Å². The van der Waals surface area contributed by atoms with E-state index in [-0.39, 0.29) is 11.3 Å². The highest BCUT2D eigenvalue weighted by atomic mass is 16.6. The normalized spacial score (nSPS) is 13.3. The Bertz CT molecular complexity index is 743. The molecule has 2 aromatic rings. The fraction of sp³-hybridized carbons (Fsp3) is 0.188. The largest absolute Gasteiger partial charge is 0.322 e. The molecule has 0 fully saturated rings. The molecule has 22 heavy (non-hydrogen) atoms. The SMILES string of the molecule is O=C(Nc1ccc2c(c1)CCNC2)c1ccccc1[N+](=O)[O-]. The summed E-state index contributed by atoms with van der Waals surface area (Å²) in [5.74, 6) is -0.471. The third-order valence-corrected chi connectivity index (χ3v) is 3.70. The van der Waals surface area contributed by atoms with E-state index in [9.17, 15) is 14.9 Å². The average Bonchev–Trinajstić information content (AvgIpc) is 2.54. The number of para-hydroxylation sites is 1. The lowest BCUT2D eigenvalue weighted by Crippen LogP contribution is -2.23. The Hall–Kier alpha value is -2.73. The third-order valence-electron chi connectivity index (χ3n) is 3.70. The summed E-state index contributed by atoms with van der Waals surface area (Å²) in [5, 5.41) is 17.0. The predicted molar refractivity (Wildman–Crippen MR) is 82.9 cm³/mol. The molecule has 1 amide bonds. The van der Waals surface area contributed by atoms with Gasteiger partial charge in [0.25, 0.3) is 11.6 Å². The Morgan fingerprint density at radius 2 is 2.00 bits per heavy atom. The number of nitrogens with one attached hydrogen (secondary N) is 2. The second kappa shape index (κ2) is 5.95. The molecule has 3 rings (SSSR count). The van der Waals surface area contributed by atoms with Gasteiger partial charge in [0.05, 0.1) is 4.92 Å². The van der Waals surface area contributed by atoms with Crippen LogP contribution in [-0.2, 0) is 13.0 Å². The molecule has 0 aliphatic carbocycles. The minimum atomic E-state index is -0.548. The lowest BCUT2D eigenvalue weighted by Gasteiger charge is -2.18. The highest BCUT2D eigenvalue weighted by Crippen LogP contribution is 2.22. The summed E-state index contributed by atoms with van der Waals surface area (Å²) in [6, 6.07) is 11.7.